The Hall–Kier alpha value is -6.07. The molecule has 0 bridgehead atoms. The minimum Gasteiger partial charge on any atom is -0.452 e. The maximum absolute atomic E-state index is 6.63. The largest absolute Gasteiger partial charge is 0.452 e. The molecule has 5 nitrogen and oxygen atoms in total. The zero-order chi connectivity index (χ0) is 28.8. The van der Waals surface area contributed by atoms with Crippen LogP contribution in [0, 0.1) is 0 Å². The molecule has 44 heavy (non-hydrogen) atoms. The maximum Gasteiger partial charge on any atom is 0.179 e. The highest BCUT2D eigenvalue weighted by atomic mass is 16.4. The molecular weight excluding hydrogens is 542 g/mol. The molecule has 0 aliphatic rings. The molecule has 0 radical (unpaired) electrons. The lowest BCUT2D eigenvalue weighted by molar-refractivity contribution is 0.633. The smallest absolute Gasteiger partial charge is 0.179 e. The van der Waals surface area contributed by atoms with Crippen LogP contribution < -0.4 is 0 Å². The first-order valence-electron chi connectivity index (χ1n) is 14.6. The van der Waals surface area contributed by atoms with Gasteiger partial charge in [0.2, 0.25) is 0 Å². The molecule has 0 aliphatic heterocycles. The van der Waals surface area contributed by atoms with Gasteiger partial charge in [-0.25, -0.2) is 15.0 Å². The number of aromatic nitrogens is 3. The first-order chi connectivity index (χ1) is 21.8. The van der Waals surface area contributed by atoms with Crippen molar-refractivity contribution in [3.63, 3.8) is 0 Å². The standard InChI is InChI=1S/C39H21N3O2/c1-3-11-22(12-4-1)37-40-38(23-13-5-2-6-14-23)42-39(41-37)27-18-10-19-30-32(27)29-21-28-25-16-8-7-15-24(25)26-17-9-20-31-33(26)34(28)36(44-31)35(29)43-30/h1-21H. The molecule has 10 aromatic rings. The van der Waals surface area contributed by atoms with Crippen LogP contribution in [0.25, 0.3) is 99.6 Å². The molecule has 3 aromatic heterocycles. The van der Waals surface area contributed by atoms with E-state index in [1.54, 1.807) is 0 Å². The van der Waals surface area contributed by atoms with E-state index in [2.05, 4.69) is 48.5 Å². The Morgan fingerprint density at radius 1 is 0.364 bits per heavy atom. The summed E-state index contributed by atoms with van der Waals surface area (Å²) in [6.07, 6.45) is 0. The van der Waals surface area contributed by atoms with Crippen LogP contribution in [-0.4, -0.2) is 15.0 Å². The van der Waals surface area contributed by atoms with E-state index in [1.807, 2.05) is 78.9 Å². The van der Waals surface area contributed by atoms with Crippen LogP contribution in [-0.2, 0) is 0 Å². The van der Waals surface area contributed by atoms with Gasteiger partial charge in [-0.2, -0.15) is 0 Å². The van der Waals surface area contributed by atoms with Crippen LogP contribution in [0.2, 0.25) is 0 Å². The number of nitrogens with zero attached hydrogens (tertiary/aromatic N) is 3. The summed E-state index contributed by atoms with van der Waals surface area (Å²) in [5.74, 6) is 1.83. The number of fused-ring (bicyclic) bond motifs is 7. The Balaban J connectivity index is 1.33. The Bertz CT molecular complexity index is 2650. The van der Waals surface area contributed by atoms with E-state index in [1.165, 1.54) is 16.2 Å². The lowest BCUT2D eigenvalue weighted by atomic mass is 9.93. The van der Waals surface area contributed by atoms with Gasteiger partial charge in [0, 0.05) is 38.2 Å². The van der Waals surface area contributed by atoms with Gasteiger partial charge in [0.1, 0.15) is 11.2 Å². The molecule has 0 unspecified atom stereocenters. The maximum atomic E-state index is 6.63. The van der Waals surface area contributed by atoms with Crippen molar-refractivity contribution in [1.29, 1.82) is 0 Å². The van der Waals surface area contributed by atoms with E-state index >= 15 is 0 Å². The summed E-state index contributed by atoms with van der Waals surface area (Å²) < 4.78 is 13.2. The van der Waals surface area contributed by atoms with Crippen molar-refractivity contribution in [3.8, 4) is 34.2 Å². The van der Waals surface area contributed by atoms with Gasteiger partial charge in [-0.3, -0.25) is 0 Å². The van der Waals surface area contributed by atoms with Gasteiger partial charge in [-0.15, -0.1) is 0 Å². The minimum atomic E-state index is 0.590. The molecule has 0 fully saturated rings. The Morgan fingerprint density at radius 3 is 1.61 bits per heavy atom. The number of benzene rings is 7. The number of rotatable bonds is 3. The summed E-state index contributed by atoms with van der Waals surface area (Å²) in [5, 5.41) is 8.88. The van der Waals surface area contributed by atoms with Crippen molar-refractivity contribution < 1.29 is 8.83 Å². The van der Waals surface area contributed by atoms with E-state index < -0.39 is 0 Å². The Labute approximate surface area is 250 Å². The predicted octanol–water partition coefficient (Wildman–Crippen LogP) is 10.4. The summed E-state index contributed by atoms with van der Waals surface area (Å²) in [4.78, 5) is 15.0. The van der Waals surface area contributed by atoms with E-state index in [9.17, 15) is 0 Å². The monoisotopic (exact) mass is 563 g/mol. The summed E-state index contributed by atoms with van der Waals surface area (Å²) in [6, 6.07) is 43.3. The van der Waals surface area contributed by atoms with Gasteiger partial charge in [0.05, 0.1) is 0 Å². The molecule has 0 saturated heterocycles. The van der Waals surface area contributed by atoms with Crippen molar-refractivity contribution in [1.82, 2.24) is 15.0 Å². The Kier molecular flexibility index (Phi) is 4.66. The molecule has 0 spiro atoms. The van der Waals surface area contributed by atoms with Crippen molar-refractivity contribution in [3.05, 3.63) is 127 Å². The zero-order valence-corrected chi connectivity index (χ0v) is 23.3. The van der Waals surface area contributed by atoms with Gasteiger partial charge in [0.15, 0.2) is 28.6 Å². The fraction of sp³-hybridized carbons (Fsp3) is 0. The van der Waals surface area contributed by atoms with Crippen molar-refractivity contribution >= 4 is 65.4 Å². The second-order valence-electron chi connectivity index (χ2n) is 11.2. The second-order valence-corrected chi connectivity index (χ2v) is 11.2. The van der Waals surface area contributed by atoms with Crippen LogP contribution in [0.5, 0.6) is 0 Å². The van der Waals surface area contributed by atoms with Gasteiger partial charge in [-0.05, 0) is 39.7 Å². The predicted molar refractivity (Wildman–Crippen MR) is 177 cm³/mol. The molecule has 0 saturated carbocycles. The second kappa shape index (κ2) is 8.72. The minimum absolute atomic E-state index is 0.590. The normalized spacial score (nSPS) is 12.1. The average molecular weight is 564 g/mol. The third kappa shape index (κ3) is 3.21. The van der Waals surface area contributed by atoms with Crippen LogP contribution in [0.15, 0.2) is 136 Å². The van der Waals surface area contributed by atoms with Crippen LogP contribution in [0.4, 0.5) is 0 Å². The number of furan rings is 2. The molecule has 0 aliphatic carbocycles. The van der Waals surface area contributed by atoms with Gasteiger partial charge in [-0.1, -0.05) is 109 Å². The van der Waals surface area contributed by atoms with E-state index in [-0.39, 0.29) is 0 Å². The summed E-state index contributed by atoms with van der Waals surface area (Å²) in [6.45, 7) is 0. The van der Waals surface area contributed by atoms with Gasteiger partial charge in [0.25, 0.3) is 0 Å². The first-order valence-corrected chi connectivity index (χ1v) is 14.6. The molecule has 0 N–H and O–H groups in total. The average Bonchev–Trinajstić information content (AvgIpc) is 3.68. The number of hydrogen-bond donors (Lipinski definition) is 0. The molecule has 0 amide bonds. The zero-order valence-electron chi connectivity index (χ0n) is 23.3. The van der Waals surface area contributed by atoms with Crippen molar-refractivity contribution in [2.45, 2.75) is 0 Å². The molecule has 3 heterocycles. The third-order valence-corrected chi connectivity index (χ3v) is 8.68. The van der Waals surface area contributed by atoms with E-state index in [0.29, 0.717) is 17.5 Å². The molecule has 5 heteroatoms. The third-order valence-electron chi connectivity index (χ3n) is 8.68. The Morgan fingerprint density at radius 2 is 0.909 bits per heavy atom. The molecule has 10 rings (SSSR count). The summed E-state index contributed by atoms with van der Waals surface area (Å²) in [5.41, 5.74) is 5.85. The highest BCUT2D eigenvalue weighted by Gasteiger charge is 2.24. The first kappa shape index (κ1) is 23.5. The fourth-order valence-electron chi connectivity index (χ4n) is 6.77. The lowest BCUT2D eigenvalue weighted by Crippen LogP contribution is -2.00. The van der Waals surface area contributed by atoms with Crippen LogP contribution in [0.1, 0.15) is 0 Å². The highest BCUT2D eigenvalue weighted by molar-refractivity contribution is 6.37. The molecule has 0 atom stereocenters. The topological polar surface area (TPSA) is 65.0 Å². The fourth-order valence-corrected chi connectivity index (χ4v) is 6.77. The van der Waals surface area contributed by atoms with Crippen molar-refractivity contribution in [2.75, 3.05) is 0 Å². The molecular formula is C39H21N3O2. The molecule has 204 valence electrons. The van der Waals surface area contributed by atoms with Crippen molar-refractivity contribution in [2.24, 2.45) is 0 Å². The summed E-state index contributed by atoms with van der Waals surface area (Å²) >= 11 is 0. The SMILES string of the molecule is c1ccc(-c2nc(-c3ccccc3)nc(-c3cccc4oc5c(cc6c7ccccc7c7cccc8oc5c6c87)c34)n2)cc1. The van der Waals surface area contributed by atoms with Crippen LogP contribution in [0.3, 0.4) is 0 Å². The van der Waals surface area contributed by atoms with Gasteiger partial charge < -0.3 is 8.83 Å². The lowest BCUT2D eigenvalue weighted by Gasteiger charge is -2.09. The van der Waals surface area contributed by atoms with E-state index in [0.717, 1.165) is 66.0 Å². The van der Waals surface area contributed by atoms with E-state index in [4.69, 9.17) is 23.8 Å². The number of hydrogen-bond acceptors (Lipinski definition) is 5. The van der Waals surface area contributed by atoms with Crippen LogP contribution >= 0.6 is 0 Å². The quantitative estimate of drug-likeness (QED) is 0.200. The summed E-state index contributed by atoms with van der Waals surface area (Å²) in [7, 11) is 0. The van der Waals surface area contributed by atoms with Gasteiger partial charge >= 0.3 is 0 Å². The highest BCUT2D eigenvalue weighted by Crippen LogP contribution is 2.48. The molecule has 7 aromatic carbocycles.